The molecule has 0 aromatic heterocycles. The van der Waals surface area contributed by atoms with Crippen LogP contribution in [0.2, 0.25) is 0 Å². The first-order valence-electron chi connectivity index (χ1n) is 5.94. The summed E-state index contributed by atoms with van der Waals surface area (Å²) in [5.74, 6) is 3.35. The van der Waals surface area contributed by atoms with Gasteiger partial charge in [-0.2, -0.15) is 16.9 Å². The standard InChI is InChI=1S/C12H18BrN3S/c1-9-11(7-12(13)15-16(9)2)14-8-10-3-5-17-6-4-10/h10H,1,3-8H2,2H3. The smallest absolute Gasteiger partial charge is 0.109 e. The number of hydrazone groups is 1. The van der Waals surface area contributed by atoms with Crippen LogP contribution in [0.4, 0.5) is 0 Å². The Morgan fingerprint density at radius 1 is 1.53 bits per heavy atom. The Morgan fingerprint density at radius 3 is 2.94 bits per heavy atom. The Kier molecular flexibility index (Phi) is 4.68. The van der Waals surface area contributed by atoms with E-state index in [1.165, 1.54) is 24.3 Å². The summed E-state index contributed by atoms with van der Waals surface area (Å²) in [5, 5.41) is 6.09. The molecule has 0 amide bonds. The third-order valence-electron chi connectivity index (χ3n) is 3.18. The Morgan fingerprint density at radius 2 is 2.24 bits per heavy atom. The van der Waals surface area contributed by atoms with Crippen LogP contribution in [0.3, 0.4) is 0 Å². The molecule has 0 spiro atoms. The average molecular weight is 316 g/mol. The molecule has 0 bridgehead atoms. The molecule has 0 radical (unpaired) electrons. The molecule has 0 atom stereocenters. The second kappa shape index (κ2) is 6.05. The molecule has 2 heterocycles. The molecule has 2 rings (SSSR count). The van der Waals surface area contributed by atoms with Crippen LogP contribution in [0.5, 0.6) is 0 Å². The number of hydrogen-bond donors (Lipinski definition) is 0. The lowest BCUT2D eigenvalue weighted by molar-refractivity contribution is 0.462. The van der Waals surface area contributed by atoms with E-state index in [4.69, 9.17) is 4.99 Å². The zero-order valence-corrected chi connectivity index (χ0v) is 12.6. The molecule has 17 heavy (non-hydrogen) atoms. The molecule has 1 saturated heterocycles. The fourth-order valence-corrected chi connectivity index (χ4v) is 3.71. The van der Waals surface area contributed by atoms with Gasteiger partial charge in [-0.15, -0.1) is 0 Å². The zero-order valence-electron chi connectivity index (χ0n) is 10.2. The number of allylic oxidation sites excluding steroid dienone is 1. The summed E-state index contributed by atoms with van der Waals surface area (Å²) >= 11 is 5.51. The lowest BCUT2D eigenvalue weighted by atomic mass is 10.0. The van der Waals surface area contributed by atoms with Crippen molar-refractivity contribution >= 4 is 38.0 Å². The van der Waals surface area contributed by atoms with Crippen molar-refractivity contribution in [1.82, 2.24) is 5.01 Å². The summed E-state index contributed by atoms with van der Waals surface area (Å²) in [4.78, 5) is 4.74. The lowest BCUT2D eigenvalue weighted by Gasteiger charge is -2.24. The van der Waals surface area contributed by atoms with Gasteiger partial charge in [-0.1, -0.05) is 6.58 Å². The maximum Gasteiger partial charge on any atom is 0.109 e. The highest BCUT2D eigenvalue weighted by Gasteiger charge is 2.19. The molecular formula is C12H18BrN3S. The molecule has 94 valence electrons. The molecule has 0 N–H and O–H groups in total. The normalized spacial score (nSPS) is 25.3. The summed E-state index contributed by atoms with van der Waals surface area (Å²) in [5.41, 5.74) is 2.01. The Bertz CT molecular complexity index is 359. The van der Waals surface area contributed by atoms with Crippen molar-refractivity contribution in [2.75, 3.05) is 25.1 Å². The van der Waals surface area contributed by atoms with Crippen molar-refractivity contribution in [1.29, 1.82) is 0 Å². The number of aliphatic imine (C=N–C) groups is 1. The van der Waals surface area contributed by atoms with Crippen LogP contribution in [0, 0.1) is 5.92 Å². The molecule has 3 nitrogen and oxygen atoms in total. The Labute approximate surface area is 116 Å². The van der Waals surface area contributed by atoms with Gasteiger partial charge in [0.25, 0.3) is 0 Å². The highest BCUT2D eigenvalue weighted by molar-refractivity contribution is 9.18. The molecule has 0 aromatic carbocycles. The van der Waals surface area contributed by atoms with Crippen LogP contribution < -0.4 is 0 Å². The highest BCUT2D eigenvalue weighted by atomic mass is 79.9. The SMILES string of the molecule is C=C1C(=NCC2CCSCC2)CC(Br)=NN1C. The summed E-state index contributed by atoms with van der Waals surface area (Å²) in [7, 11) is 1.91. The van der Waals surface area contributed by atoms with Gasteiger partial charge < -0.3 is 0 Å². The molecule has 2 aliphatic heterocycles. The van der Waals surface area contributed by atoms with Crippen LogP contribution in [0.1, 0.15) is 19.3 Å². The topological polar surface area (TPSA) is 28.0 Å². The van der Waals surface area contributed by atoms with Crippen molar-refractivity contribution in [3.05, 3.63) is 12.3 Å². The maximum atomic E-state index is 4.74. The summed E-state index contributed by atoms with van der Waals surface area (Å²) < 4.78 is 0.936. The number of hydrogen-bond acceptors (Lipinski definition) is 4. The fraction of sp³-hybridized carbons (Fsp3) is 0.667. The zero-order chi connectivity index (χ0) is 12.3. The average Bonchev–Trinajstić information content (AvgIpc) is 2.33. The van der Waals surface area contributed by atoms with E-state index in [1.54, 1.807) is 5.01 Å². The fourth-order valence-electron chi connectivity index (χ4n) is 2.00. The molecule has 0 aliphatic carbocycles. The van der Waals surface area contributed by atoms with Crippen molar-refractivity contribution in [2.24, 2.45) is 16.0 Å². The molecule has 2 aliphatic rings. The predicted molar refractivity (Wildman–Crippen MR) is 80.2 cm³/mol. The number of halogens is 1. The molecule has 0 unspecified atom stereocenters. The first-order valence-corrected chi connectivity index (χ1v) is 7.88. The van der Waals surface area contributed by atoms with Gasteiger partial charge in [-0.25, -0.2) is 0 Å². The summed E-state index contributed by atoms with van der Waals surface area (Å²) in [6.45, 7) is 4.99. The van der Waals surface area contributed by atoms with E-state index in [2.05, 4.69) is 39.4 Å². The van der Waals surface area contributed by atoms with Gasteiger partial charge in [0.05, 0.1) is 11.4 Å². The van der Waals surface area contributed by atoms with Crippen molar-refractivity contribution in [3.63, 3.8) is 0 Å². The first-order chi connectivity index (χ1) is 8.16. The van der Waals surface area contributed by atoms with Crippen LogP contribution in [-0.4, -0.2) is 40.4 Å². The molecule has 0 aromatic rings. The van der Waals surface area contributed by atoms with Crippen molar-refractivity contribution in [3.8, 4) is 0 Å². The number of thioether (sulfide) groups is 1. The largest absolute Gasteiger partial charge is 0.287 e. The van der Waals surface area contributed by atoms with Crippen LogP contribution >= 0.6 is 27.7 Å². The molecule has 1 fully saturated rings. The van der Waals surface area contributed by atoms with E-state index >= 15 is 0 Å². The van der Waals surface area contributed by atoms with Crippen LogP contribution in [0.15, 0.2) is 22.4 Å². The summed E-state index contributed by atoms with van der Waals surface area (Å²) in [6.07, 6.45) is 3.39. The van der Waals surface area contributed by atoms with Crippen LogP contribution in [-0.2, 0) is 0 Å². The minimum Gasteiger partial charge on any atom is -0.287 e. The van der Waals surface area contributed by atoms with Gasteiger partial charge in [0.2, 0.25) is 0 Å². The minimum atomic E-state index is 0.763. The monoisotopic (exact) mass is 315 g/mol. The van der Waals surface area contributed by atoms with Gasteiger partial charge in [0.1, 0.15) is 4.62 Å². The summed E-state index contributed by atoms with van der Waals surface area (Å²) in [6, 6.07) is 0. The van der Waals surface area contributed by atoms with E-state index in [1.807, 2.05) is 7.05 Å². The number of nitrogens with zero attached hydrogens (tertiary/aromatic N) is 3. The quantitative estimate of drug-likeness (QED) is 0.783. The molecular weight excluding hydrogens is 298 g/mol. The Hall–Kier alpha value is -0.290. The second-order valence-corrected chi connectivity index (χ2v) is 6.61. The number of rotatable bonds is 2. The highest BCUT2D eigenvalue weighted by Crippen LogP contribution is 2.24. The van der Waals surface area contributed by atoms with Gasteiger partial charge in [-0.3, -0.25) is 10.0 Å². The van der Waals surface area contributed by atoms with Crippen molar-refractivity contribution in [2.45, 2.75) is 19.3 Å². The minimum absolute atomic E-state index is 0.763. The second-order valence-electron chi connectivity index (χ2n) is 4.47. The van der Waals surface area contributed by atoms with E-state index < -0.39 is 0 Å². The predicted octanol–water partition coefficient (Wildman–Crippen LogP) is 3.13. The maximum absolute atomic E-state index is 4.74. The van der Waals surface area contributed by atoms with Gasteiger partial charge in [0.15, 0.2) is 0 Å². The first kappa shape index (κ1) is 13.1. The van der Waals surface area contributed by atoms with Crippen molar-refractivity contribution < 1.29 is 0 Å². The van der Waals surface area contributed by atoms with E-state index in [9.17, 15) is 0 Å². The lowest BCUT2D eigenvalue weighted by Crippen LogP contribution is -2.26. The Balaban J connectivity index is 1.96. The van der Waals surface area contributed by atoms with E-state index in [0.717, 1.165) is 34.9 Å². The van der Waals surface area contributed by atoms with E-state index in [-0.39, 0.29) is 0 Å². The third-order valence-corrected chi connectivity index (χ3v) is 4.66. The van der Waals surface area contributed by atoms with Crippen LogP contribution in [0.25, 0.3) is 0 Å². The van der Waals surface area contributed by atoms with E-state index in [0.29, 0.717) is 0 Å². The molecule has 5 heteroatoms. The third kappa shape index (κ3) is 3.58. The molecule has 0 saturated carbocycles. The van der Waals surface area contributed by atoms with Gasteiger partial charge >= 0.3 is 0 Å². The van der Waals surface area contributed by atoms with Gasteiger partial charge in [0, 0.05) is 20.0 Å². The van der Waals surface area contributed by atoms with Gasteiger partial charge in [-0.05, 0) is 46.2 Å².